The van der Waals surface area contributed by atoms with Crippen molar-refractivity contribution in [3.8, 4) is 0 Å². The summed E-state index contributed by atoms with van der Waals surface area (Å²) in [7, 11) is 1.67. The third-order valence-corrected chi connectivity index (χ3v) is 2.21. The first-order chi connectivity index (χ1) is 6.27. The minimum Gasteiger partial charge on any atom is -0.384 e. The lowest BCUT2D eigenvalue weighted by atomic mass is 10.0. The number of nitrogens with two attached hydrogens (primary N) is 1. The lowest BCUT2D eigenvalue weighted by Crippen LogP contribution is -2.17. The predicted molar refractivity (Wildman–Crippen MR) is 55.1 cm³/mol. The van der Waals surface area contributed by atoms with Crippen LogP contribution in [0.2, 0.25) is 5.02 Å². The Morgan fingerprint density at radius 2 is 2.31 bits per heavy atom. The SMILES string of the molecule is COCC(CN)c1cccc(Cl)c1. The van der Waals surface area contributed by atoms with Gasteiger partial charge in [-0.05, 0) is 17.7 Å². The van der Waals surface area contributed by atoms with Crippen LogP contribution in [0.5, 0.6) is 0 Å². The summed E-state index contributed by atoms with van der Waals surface area (Å²) >= 11 is 5.86. The molecule has 0 bridgehead atoms. The highest BCUT2D eigenvalue weighted by Gasteiger charge is 2.08. The molecule has 13 heavy (non-hydrogen) atoms. The second-order valence-corrected chi connectivity index (χ2v) is 3.38. The van der Waals surface area contributed by atoms with E-state index in [9.17, 15) is 0 Å². The molecule has 0 aliphatic heterocycles. The summed E-state index contributed by atoms with van der Waals surface area (Å²) in [5.41, 5.74) is 6.75. The van der Waals surface area contributed by atoms with Crippen LogP contribution in [-0.4, -0.2) is 20.3 Å². The van der Waals surface area contributed by atoms with E-state index in [4.69, 9.17) is 22.1 Å². The molecular weight excluding hydrogens is 186 g/mol. The van der Waals surface area contributed by atoms with Gasteiger partial charge in [-0.25, -0.2) is 0 Å². The van der Waals surface area contributed by atoms with E-state index in [0.29, 0.717) is 13.2 Å². The maximum Gasteiger partial charge on any atom is 0.0543 e. The Morgan fingerprint density at radius 1 is 1.54 bits per heavy atom. The summed E-state index contributed by atoms with van der Waals surface area (Å²) in [6.07, 6.45) is 0. The van der Waals surface area contributed by atoms with E-state index >= 15 is 0 Å². The fraction of sp³-hybridized carbons (Fsp3) is 0.400. The molecule has 1 aromatic carbocycles. The molecule has 3 heteroatoms. The summed E-state index contributed by atoms with van der Waals surface area (Å²) in [6.45, 7) is 1.21. The number of benzene rings is 1. The van der Waals surface area contributed by atoms with Crippen molar-refractivity contribution in [2.75, 3.05) is 20.3 Å². The highest BCUT2D eigenvalue weighted by molar-refractivity contribution is 6.30. The van der Waals surface area contributed by atoms with Gasteiger partial charge in [0.25, 0.3) is 0 Å². The maximum absolute atomic E-state index is 5.86. The van der Waals surface area contributed by atoms with E-state index in [1.807, 2.05) is 24.3 Å². The van der Waals surface area contributed by atoms with Crippen molar-refractivity contribution in [3.05, 3.63) is 34.9 Å². The molecule has 1 aromatic rings. The molecule has 1 rings (SSSR count). The zero-order chi connectivity index (χ0) is 9.68. The van der Waals surface area contributed by atoms with Crippen molar-refractivity contribution >= 4 is 11.6 Å². The number of halogens is 1. The van der Waals surface area contributed by atoms with E-state index in [2.05, 4.69) is 0 Å². The molecule has 0 spiro atoms. The fourth-order valence-corrected chi connectivity index (χ4v) is 1.46. The van der Waals surface area contributed by atoms with Crippen LogP contribution in [0.1, 0.15) is 11.5 Å². The highest BCUT2D eigenvalue weighted by atomic mass is 35.5. The topological polar surface area (TPSA) is 35.2 Å². The number of methoxy groups -OCH3 is 1. The van der Waals surface area contributed by atoms with Crippen molar-refractivity contribution in [2.45, 2.75) is 5.92 Å². The van der Waals surface area contributed by atoms with Crippen LogP contribution in [-0.2, 0) is 4.74 Å². The molecule has 0 fully saturated rings. The minimum atomic E-state index is 0.240. The molecule has 0 radical (unpaired) electrons. The maximum atomic E-state index is 5.86. The summed E-state index contributed by atoms with van der Waals surface area (Å²) in [6, 6.07) is 7.72. The van der Waals surface area contributed by atoms with Crippen molar-refractivity contribution in [1.82, 2.24) is 0 Å². The molecule has 0 aliphatic carbocycles. The third kappa shape index (κ3) is 2.99. The summed E-state index contributed by atoms with van der Waals surface area (Å²) in [5, 5.41) is 0.743. The first-order valence-electron chi connectivity index (χ1n) is 4.22. The van der Waals surface area contributed by atoms with E-state index in [-0.39, 0.29) is 5.92 Å². The van der Waals surface area contributed by atoms with Crippen molar-refractivity contribution in [3.63, 3.8) is 0 Å². The second kappa shape index (κ2) is 5.22. The van der Waals surface area contributed by atoms with Crippen LogP contribution in [0.25, 0.3) is 0 Å². The van der Waals surface area contributed by atoms with E-state index in [1.165, 1.54) is 0 Å². The highest BCUT2D eigenvalue weighted by Crippen LogP contribution is 2.18. The second-order valence-electron chi connectivity index (χ2n) is 2.94. The van der Waals surface area contributed by atoms with Gasteiger partial charge in [0.15, 0.2) is 0 Å². The Morgan fingerprint density at radius 3 is 2.85 bits per heavy atom. The lowest BCUT2D eigenvalue weighted by molar-refractivity contribution is 0.181. The lowest BCUT2D eigenvalue weighted by Gasteiger charge is -2.13. The molecule has 0 aliphatic rings. The van der Waals surface area contributed by atoms with Crippen molar-refractivity contribution < 1.29 is 4.74 Å². The molecule has 72 valence electrons. The van der Waals surface area contributed by atoms with Crippen LogP contribution in [0.4, 0.5) is 0 Å². The molecule has 1 unspecified atom stereocenters. The molecule has 0 aromatic heterocycles. The van der Waals surface area contributed by atoms with Crippen LogP contribution in [0.3, 0.4) is 0 Å². The Hall–Kier alpha value is -0.570. The molecule has 0 saturated heterocycles. The first-order valence-corrected chi connectivity index (χ1v) is 4.60. The quantitative estimate of drug-likeness (QED) is 0.806. The molecule has 2 nitrogen and oxygen atoms in total. The smallest absolute Gasteiger partial charge is 0.0543 e. The monoisotopic (exact) mass is 199 g/mol. The van der Waals surface area contributed by atoms with Gasteiger partial charge in [-0.1, -0.05) is 23.7 Å². The zero-order valence-electron chi connectivity index (χ0n) is 7.66. The van der Waals surface area contributed by atoms with Gasteiger partial charge in [-0.15, -0.1) is 0 Å². The van der Waals surface area contributed by atoms with E-state index in [0.717, 1.165) is 10.6 Å². The van der Waals surface area contributed by atoms with Gasteiger partial charge in [0.1, 0.15) is 0 Å². The normalized spacial score (nSPS) is 12.8. The van der Waals surface area contributed by atoms with Crippen LogP contribution < -0.4 is 5.73 Å². The standard InChI is InChI=1S/C10H14ClNO/c1-13-7-9(6-12)8-3-2-4-10(11)5-8/h2-5,9H,6-7,12H2,1H3. The molecular formula is C10H14ClNO. The first kappa shape index (κ1) is 10.5. The largest absolute Gasteiger partial charge is 0.384 e. The van der Waals surface area contributed by atoms with Crippen molar-refractivity contribution in [2.24, 2.45) is 5.73 Å². The molecule has 2 N–H and O–H groups in total. The number of rotatable bonds is 4. The minimum absolute atomic E-state index is 0.240. The van der Waals surface area contributed by atoms with Gasteiger partial charge in [-0.3, -0.25) is 0 Å². The third-order valence-electron chi connectivity index (χ3n) is 1.97. The number of hydrogen-bond donors (Lipinski definition) is 1. The van der Waals surface area contributed by atoms with E-state index in [1.54, 1.807) is 7.11 Å². The summed E-state index contributed by atoms with van der Waals surface area (Å²) < 4.78 is 5.07. The van der Waals surface area contributed by atoms with Gasteiger partial charge in [0, 0.05) is 24.6 Å². The van der Waals surface area contributed by atoms with Gasteiger partial charge in [-0.2, -0.15) is 0 Å². The average Bonchev–Trinajstić information content (AvgIpc) is 2.14. The molecule has 0 saturated carbocycles. The Balaban J connectivity index is 2.78. The van der Waals surface area contributed by atoms with Gasteiger partial charge in [0.2, 0.25) is 0 Å². The van der Waals surface area contributed by atoms with Crippen molar-refractivity contribution in [1.29, 1.82) is 0 Å². The van der Waals surface area contributed by atoms with Gasteiger partial charge >= 0.3 is 0 Å². The summed E-state index contributed by atoms with van der Waals surface area (Å²) in [4.78, 5) is 0. The average molecular weight is 200 g/mol. The number of ether oxygens (including phenoxy) is 1. The molecule has 0 amide bonds. The van der Waals surface area contributed by atoms with E-state index < -0.39 is 0 Å². The van der Waals surface area contributed by atoms with Crippen LogP contribution >= 0.6 is 11.6 Å². The van der Waals surface area contributed by atoms with Gasteiger partial charge in [0.05, 0.1) is 6.61 Å². The Kier molecular flexibility index (Phi) is 4.22. The Labute approximate surface area is 83.6 Å². The molecule has 0 heterocycles. The molecule has 1 atom stereocenters. The van der Waals surface area contributed by atoms with Gasteiger partial charge < -0.3 is 10.5 Å². The van der Waals surface area contributed by atoms with Crippen LogP contribution in [0, 0.1) is 0 Å². The fourth-order valence-electron chi connectivity index (χ4n) is 1.26. The number of hydrogen-bond acceptors (Lipinski definition) is 2. The summed E-state index contributed by atoms with van der Waals surface area (Å²) in [5.74, 6) is 0.240. The predicted octanol–water partition coefficient (Wildman–Crippen LogP) is 2.03. The Bertz CT molecular complexity index is 265. The zero-order valence-corrected chi connectivity index (χ0v) is 8.42. The van der Waals surface area contributed by atoms with Crippen LogP contribution in [0.15, 0.2) is 24.3 Å².